The lowest BCUT2D eigenvalue weighted by Crippen LogP contribution is -2.14. The Morgan fingerprint density at radius 3 is 1.74 bits per heavy atom. The Morgan fingerprint density at radius 1 is 0.472 bits per heavy atom. The summed E-state index contributed by atoms with van der Waals surface area (Å²) in [5.41, 5.74) is 13.1. The van der Waals surface area contributed by atoms with Crippen molar-refractivity contribution < 1.29 is 4.42 Å². The molecule has 3 heterocycles. The highest BCUT2D eigenvalue weighted by Gasteiger charge is 2.38. The molecule has 11 rings (SSSR count). The number of furan rings is 1. The third kappa shape index (κ3) is 4.40. The van der Waals surface area contributed by atoms with Gasteiger partial charge in [0.2, 0.25) is 0 Å². The average molecular weight is 681 g/mol. The van der Waals surface area contributed by atoms with Crippen molar-refractivity contribution in [1.82, 2.24) is 19.5 Å². The zero-order chi connectivity index (χ0) is 35.3. The van der Waals surface area contributed by atoms with E-state index < -0.39 is 0 Å². The van der Waals surface area contributed by atoms with E-state index in [0.29, 0.717) is 17.5 Å². The van der Waals surface area contributed by atoms with Crippen LogP contribution in [0.3, 0.4) is 0 Å². The van der Waals surface area contributed by atoms with Gasteiger partial charge in [-0.25, -0.2) is 15.0 Å². The van der Waals surface area contributed by atoms with Crippen LogP contribution in [-0.2, 0) is 5.41 Å². The maximum Gasteiger partial charge on any atom is 0.164 e. The Labute approximate surface area is 305 Å². The van der Waals surface area contributed by atoms with Crippen LogP contribution in [0, 0.1) is 0 Å². The maximum atomic E-state index is 6.39. The van der Waals surface area contributed by atoms with Crippen LogP contribution < -0.4 is 0 Å². The molecule has 0 aliphatic heterocycles. The van der Waals surface area contributed by atoms with Crippen LogP contribution in [0.25, 0.3) is 94.7 Å². The predicted molar refractivity (Wildman–Crippen MR) is 215 cm³/mol. The number of rotatable bonds is 4. The topological polar surface area (TPSA) is 56.7 Å². The molecule has 0 fully saturated rings. The van der Waals surface area contributed by atoms with Crippen molar-refractivity contribution in [2.45, 2.75) is 19.3 Å². The first kappa shape index (κ1) is 29.8. The van der Waals surface area contributed by atoms with Crippen LogP contribution >= 0.6 is 0 Å². The Hall–Kier alpha value is -6.85. The van der Waals surface area contributed by atoms with Gasteiger partial charge in [-0.05, 0) is 65.2 Å². The van der Waals surface area contributed by atoms with Crippen LogP contribution in [0.4, 0.5) is 0 Å². The predicted octanol–water partition coefficient (Wildman–Crippen LogP) is 12.2. The van der Waals surface area contributed by atoms with Crippen molar-refractivity contribution in [2.75, 3.05) is 0 Å². The molecule has 5 heteroatoms. The van der Waals surface area contributed by atoms with Crippen LogP contribution in [0.1, 0.15) is 25.0 Å². The smallest absolute Gasteiger partial charge is 0.164 e. The van der Waals surface area contributed by atoms with Gasteiger partial charge in [0.15, 0.2) is 17.5 Å². The molecule has 7 aromatic carbocycles. The van der Waals surface area contributed by atoms with Gasteiger partial charge >= 0.3 is 0 Å². The molecule has 1 aliphatic carbocycles. The van der Waals surface area contributed by atoms with Gasteiger partial charge in [-0.3, -0.25) is 0 Å². The van der Waals surface area contributed by atoms with Gasteiger partial charge in [0.1, 0.15) is 11.2 Å². The molecule has 250 valence electrons. The first-order chi connectivity index (χ1) is 26.0. The molecule has 10 aromatic rings. The van der Waals surface area contributed by atoms with E-state index in [4.69, 9.17) is 19.4 Å². The van der Waals surface area contributed by atoms with Crippen LogP contribution in [-0.4, -0.2) is 19.5 Å². The van der Waals surface area contributed by atoms with E-state index in [9.17, 15) is 0 Å². The lowest BCUT2D eigenvalue weighted by atomic mass is 9.82. The molecule has 5 nitrogen and oxygen atoms in total. The molecule has 53 heavy (non-hydrogen) atoms. The molecule has 0 radical (unpaired) electrons. The van der Waals surface area contributed by atoms with Crippen molar-refractivity contribution in [1.29, 1.82) is 0 Å². The summed E-state index contributed by atoms with van der Waals surface area (Å²) < 4.78 is 8.83. The van der Waals surface area contributed by atoms with Gasteiger partial charge in [0, 0.05) is 54.9 Å². The van der Waals surface area contributed by atoms with E-state index >= 15 is 0 Å². The fourth-order valence-electron chi connectivity index (χ4n) is 8.46. The molecular weight excluding hydrogens is 649 g/mol. The first-order valence-electron chi connectivity index (χ1n) is 18.0. The minimum Gasteiger partial charge on any atom is -0.456 e. The SMILES string of the molecule is CC1(C)c2cc3oc4ccccc4c3cc2-c2c1ccc1c3ccccc3n(-c3ccc(-c4nc(-c5ccccc5)nc(-c5ccccc5)n4)cc3)c21. The van der Waals surface area contributed by atoms with E-state index in [2.05, 4.69) is 109 Å². The standard InChI is InChI=1S/C48H32N4O/c1-48(2)38-26-25-35-33-17-9-11-19-40(33)52(44(35)43(38)37-27-36-34-18-10-12-20-41(34)53-42(36)28-39(37)48)32-23-21-31(22-24-32)47-50-45(29-13-5-3-6-14-29)49-46(51-47)30-15-7-4-8-16-30/h3-28H,1-2H3. The molecule has 0 amide bonds. The quantitative estimate of drug-likeness (QED) is 0.186. The molecule has 0 saturated carbocycles. The van der Waals surface area contributed by atoms with Crippen LogP contribution in [0.15, 0.2) is 162 Å². The summed E-state index contributed by atoms with van der Waals surface area (Å²) in [5, 5.41) is 4.76. The second kappa shape index (κ2) is 11.1. The van der Waals surface area contributed by atoms with Crippen LogP contribution in [0.2, 0.25) is 0 Å². The molecule has 0 unspecified atom stereocenters. The molecule has 0 bridgehead atoms. The summed E-state index contributed by atoms with van der Waals surface area (Å²) in [4.78, 5) is 14.9. The van der Waals surface area contributed by atoms with Crippen molar-refractivity contribution in [3.8, 4) is 51.0 Å². The third-order valence-corrected chi connectivity index (χ3v) is 11.1. The van der Waals surface area contributed by atoms with E-state index in [1.54, 1.807) is 0 Å². The van der Waals surface area contributed by atoms with E-state index in [1.165, 1.54) is 44.1 Å². The number of fused-ring (bicyclic) bond motifs is 10. The summed E-state index contributed by atoms with van der Waals surface area (Å²) >= 11 is 0. The van der Waals surface area contributed by atoms with Gasteiger partial charge < -0.3 is 8.98 Å². The van der Waals surface area contributed by atoms with Gasteiger partial charge in [-0.15, -0.1) is 0 Å². The van der Waals surface area contributed by atoms with Crippen molar-refractivity contribution in [2.24, 2.45) is 0 Å². The highest BCUT2D eigenvalue weighted by Crippen LogP contribution is 2.54. The summed E-state index contributed by atoms with van der Waals surface area (Å²) in [6, 6.07) is 55.3. The van der Waals surface area contributed by atoms with E-state index in [0.717, 1.165) is 44.3 Å². The normalized spacial score (nSPS) is 13.2. The van der Waals surface area contributed by atoms with Gasteiger partial charge in [0.25, 0.3) is 0 Å². The number of benzene rings is 7. The van der Waals surface area contributed by atoms with Crippen molar-refractivity contribution in [3.05, 3.63) is 169 Å². The third-order valence-electron chi connectivity index (χ3n) is 11.1. The number of hydrogen-bond acceptors (Lipinski definition) is 4. The largest absolute Gasteiger partial charge is 0.456 e. The van der Waals surface area contributed by atoms with Gasteiger partial charge in [0.05, 0.1) is 11.0 Å². The Morgan fingerprint density at radius 2 is 1.06 bits per heavy atom. The molecule has 0 N–H and O–H groups in total. The summed E-state index contributed by atoms with van der Waals surface area (Å²) in [6.07, 6.45) is 0. The molecule has 0 spiro atoms. The summed E-state index contributed by atoms with van der Waals surface area (Å²) in [5.74, 6) is 1.94. The Kier molecular flexibility index (Phi) is 6.23. The lowest BCUT2D eigenvalue weighted by Gasteiger charge is -2.21. The molecule has 0 saturated heterocycles. The first-order valence-corrected chi connectivity index (χ1v) is 18.0. The van der Waals surface area contributed by atoms with Crippen molar-refractivity contribution >= 4 is 43.7 Å². The van der Waals surface area contributed by atoms with Crippen molar-refractivity contribution in [3.63, 3.8) is 0 Å². The molecule has 1 aliphatic rings. The Balaban J connectivity index is 1.12. The van der Waals surface area contributed by atoms with E-state index in [1.807, 2.05) is 66.7 Å². The second-order valence-corrected chi connectivity index (χ2v) is 14.4. The fraction of sp³-hybridized carbons (Fsp3) is 0.0625. The minimum absolute atomic E-state index is 0.206. The fourth-order valence-corrected chi connectivity index (χ4v) is 8.46. The highest BCUT2D eigenvalue weighted by molar-refractivity contribution is 6.17. The average Bonchev–Trinajstić information content (AvgIpc) is 3.83. The van der Waals surface area contributed by atoms with E-state index in [-0.39, 0.29) is 5.41 Å². The monoisotopic (exact) mass is 680 g/mol. The second-order valence-electron chi connectivity index (χ2n) is 14.4. The minimum atomic E-state index is -0.206. The number of hydrogen-bond donors (Lipinski definition) is 0. The summed E-state index contributed by atoms with van der Waals surface area (Å²) in [6.45, 7) is 4.67. The zero-order valence-electron chi connectivity index (χ0n) is 29.2. The number of para-hydroxylation sites is 2. The molecular formula is C48H32N4O. The molecule has 0 atom stereocenters. The number of nitrogens with zero attached hydrogens (tertiary/aromatic N) is 4. The zero-order valence-corrected chi connectivity index (χ0v) is 29.2. The maximum absolute atomic E-state index is 6.39. The van der Waals surface area contributed by atoms with Gasteiger partial charge in [-0.1, -0.05) is 123 Å². The molecule has 3 aromatic heterocycles. The number of aromatic nitrogens is 4. The van der Waals surface area contributed by atoms with Gasteiger partial charge in [-0.2, -0.15) is 0 Å². The lowest BCUT2D eigenvalue weighted by molar-refractivity contribution is 0.647. The highest BCUT2D eigenvalue weighted by atomic mass is 16.3. The van der Waals surface area contributed by atoms with Crippen LogP contribution in [0.5, 0.6) is 0 Å². The Bertz CT molecular complexity index is 3010. The summed E-state index contributed by atoms with van der Waals surface area (Å²) in [7, 11) is 0.